The number of hydrogen-bond donors (Lipinski definition) is 0. The number of non-ortho nitro benzene ring substituents is 1. The maximum atomic E-state index is 11.1. The lowest BCUT2D eigenvalue weighted by molar-refractivity contribution is -0.385. The molecule has 3 rings (SSSR count). The smallest absolute Gasteiger partial charge is 0.278 e. The van der Waals surface area contributed by atoms with Crippen LogP contribution in [0.15, 0.2) is 48.7 Å². The van der Waals surface area contributed by atoms with Gasteiger partial charge >= 0.3 is 0 Å². The summed E-state index contributed by atoms with van der Waals surface area (Å²) in [5.74, 6) is 0. The van der Waals surface area contributed by atoms with Gasteiger partial charge in [0.25, 0.3) is 11.4 Å². The molecule has 0 aliphatic rings. The molecule has 0 unspecified atom stereocenters. The number of nitro groups is 2. The van der Waals surface area contributed by atoms with Crippen molar-refractivity contribution in [2.75, 3.05) is 0 Å². The third-order valence-corrected chi connectivity index (χ3v) is 3.94. The summed E-state index contributed by atoms with van der Waals surface area (Å²) in [4.78, 5) is 21.3. The SMILES string of the molecule is Cc1c(Cn2ccc3c([N+](=O)[O-])cccc32)cccc1[N+](=O)[O-]. The van der Waals surface area contributed by atoms with E-state index >= 15 is 0 Å². The van der Waals surface area contributed by atoms with E-state index in [0.29, 0.717) is 17.5 Å². The van der Waals surface area contributed by atoms with Crippen LogP contribution in [0.25, 0.3) is 10.9 Å². The molecule has 0 radical (unpaired) electrons. The minimum absolute atomic E-state index is 0.0528. The first-order valence-corrected chi connectivity index (χ1v) is 6.94. The zero-order valence-corrected chi connectivity index (χ0v) is 12.3. The van der Waals surface area contributed by atoms with E-state index < -0.39 is 9.85 Å². The van der Waals surface area contributed by atoms with Gasteiger partial charge in [-0.3, -0.25) is 20.2 Å². The van der Waals surface area contributed by atoms with Crippen molar-refractivity contribution in [3.05, 3.63) is 80.0 Å². The van der Waals surface area contributed by atoms with Gasteiger partial charge < -0.3 is 4.57 Å². The summed E-state index contributed by atoms with van der Waals surface area (Å²) in [5.41, 5.74) is 2.26. The largest absolute Gasteiger partial charge is 0.343 e. The third-order valence-electron chi connectivity index (χ3n) is 3.94. The standard InChI is InChI=1S/C16H13N3O4/c1-11-12(4-2-5-14(11)18(20)21)10-17-9-8-13-15(17)6-3-7-16(13)19(22)23/h2-9H,10H2,1H3. The van der Waals surface area contributed by atoms with E-state index in [-0.39, 0.29) is 11.4 Å². The van der Waals surface area contributed by atoms with Crippen LogP contribution < -0.4 is 0 Å². The number of rotatable bonds is 4. The lowest BCUT2D eigenvalue weighted by Gasteiger charge is -2.09. The molecule has 1 aromatic heterocycles. The van der Waals surface area contributed by atoms with Crippen LogP contribution in [0.2, 0.25) is 0 Å². The predicted molar refractivity (Wildman–Crippen MR) is 85.5 cm³/mol. The summed E-state index contributed by atoms with van der Waals surface area (Å²) in [6, 6.07) is 11.5. The maximum Gasteiger partial charge on any atom is 0.278 e. The Morgan fingerprint density at radius 2 is 1.61 bits per heavy atom. The lowest BCUT2D eigenvalue weighted by Crippen LogP contribution is -2.02. The van der Waals surface area contributed by atoms with Gasteiger partial charge in [-0.25, -0.2) is 0 Å². The van der Waals surface area contributed by atoms with Crippen molar-refractivity contribution in [3.8, 4) is 0 Å². The molecular weight excluding hydrogens is 298 g/mol. The highest BCUT2D eigenvalue weighted by molar-refractivity contribution is 5.89. The monoisotopic (exact) mass is 311 g/mol. The minimum atomic E-state index is -0.411. The number of nitro benzene ring substituents is 2. The van der Waals surface area contributed by atoms with E-state index in [9.17, 15) is 20.2 Å². The quantitative estimate of drug-likeness (QED) is 0.541. The molecule has 0 saturated carbocycles. The normalized spacial score (nSPS) is 10.8. The number of nitrogens with zero attached hydrogens (tertiary/aromatic N) is 3. The summed E-state index contributed by atoms with van der Waals surface area (Å²) < 4.78 is 1.86. The first-order chi connectivity index (χ1) is 11.0. The highest BCUT2D eigenvalue weighted by Crippen LogP contribution is 2.28. The van der Waals surface area contributed by atoms with Crippen molar-refractivity contribution in [2.24, 2.45) is 0 Å². The molecule has 0 fully saturated rings. The molecule has 23 heavy (non-hydrogen) atoms. The molecule has 3 aromatic rings. The fourth-order valence-electron chi connectivity index (χ4n) is 2.73. The number of aromatic nitrogens is 1. The molecule has 0 bridgehead atoms. The van der Waals surface area contributed by atoms with Crippen molar-refractivity contribution >= 4 is 22.3 Å². The molecule has 0 atom stereocenters. The molecule has 2 aromatic carbocycles. The molecule has 0 spiro atoms. The van der Waals surface area contributed by atoms with Crippen LogP contribution in [-0.2, 0) is 6.54 Å². The van der Waals surface area contributed by atoms with Crippen LogP contribution in [0, 0.1) is 27.2 Å². The van der Waals surface area contributed by atoms with Crippen molar-refractivity contribution in [3.63, 3.8) is 0 Å². The Balaban J connectivity index is 2.07. The van der Waals surface area contributed by atoms with E-state index in [4.69, 9.17) is 0 Å². The van der Waals surface area contributed by atoms with E-state index in [1.54, 1.807) is 37.4 Å². The van der Waals surface area contributed by atoms with Crippen molar-refractivity contribution in [1.82, 2.24) is 4.57 Å². The van der Waals surface area contributed by atoms with Crippen LogP contribution in [0.4, 0.5) is 11.4 Å². The van der Waals surface area contributed by atoms with E-state index in [1.165, 1.54) is 12.1 Å². The predicted octanol–water partition coefficient (Wildman–Crippen LogP) is 3.81. The van der Waals surface area contributed by atoms with Crippen LogP contribution in [0.1, 0.15) is 11.1 Å². The fourth-order valence-corrected chi connectivity index (χ4v) is 2.73. The number of benzene rings is 2. The fraction of sp³-hybridized carbons (Fsp3) is 0.125. The van der Waals surface area contributed by atoms with Gasteiger partial charge in [-0.05, 0) is 24.6 Å². The molecule has 0 N–H and O–H groups in total. The van der Waals surface area contributed by atoms with Crippen LogP contribution in [0.3, 0.4) is 0 Å². The number of fused-ring (bicyclic) bond motifs is 1. The third kappa shape index (κ3) is 2.52. The second-order valence-electron chi connectivity index (χ2n) is 5.23. The van der Waals surface area contributed by atoms with Gasteiger partial charge in [0.2, 0.25) is 0 Å². The van der Waals surface area contributed by atoms with Crippen molar-refractivity contribution in [1.29, 1.82) is 0 Å². The molecule has 116 valence electrons. The average molecular weight is 311 g/mol. The van der Waals surface area contributed by atoms with Gasteiger partial charge in [-0.15, -0.1) is 0 Å². The summed E-state index contributed by atoms with van der Waals surface area (Å²) in [6.45, 7) is 2.12. The van der Waals surface area contributed by atoms with Gasteiger partial charge in [0, 0.05) is 30.4 Å². The highest BCUT2D eigenvalue weighted by atomic mass is 16.6. The summed E-state index contributed by atoms with van der Waals surface area (Å²) in [6.07, 6.45) is 1.76. The molecule has 0 aliphatic heterocycles. The first-order valence-electron chi connectivity index (χ1n) is 6.94. The molecule has 1 heterocycles. The molecular formula is C16H13N3O4. The second kappa shape index (κ2) is 5.53. The van der Waals surface area contributed by atoms with Gasteiger partial charge in [0.05, 0.1) is 20.7 Å². The summed E-state index contributed by atoms with van der Waals surface area (Å²) in [7, 11) is 0. The van der Waals surface area contributed by atoms with E-state index in [1.807, 2.05) is 10.6 Å². The van der Waals surface area contributed by atoms with E-state index in [2.05, 4.69) is 0 Å². The van der Waals surface area contributed by atoms with Crippen LogP contribution >= 0.6 is 0 Å². The molecule has 7 nitrogen and oxygen atoms in total. The van der Waals surface area contributed by atoms with Gasteiger partial charge in [0.15, 0.2) is 0 Å². The Hall–Kier alpha value is -3.22. The zero-order valence-electron chi connectivity index (χ0n) is 12.3. The molecule has 0 aliphatic carbocycles. The maximum absolute atomic E-state index is 11.1. The Bertz CT molecular complexity index is 930. The van der Waals surface area contributed by atoms with Crippen molar-refractivity contribution in [2.45, 2.75) is 13.5 Å². The Morgan fingerprint density at radius 1 is 0.957 bits per heavy atom. The molecule has 0 amide bonds. The molecule has 0 saturated heterocycles. The van der Waals surface area contributed by atoms with Crippen molar-refractivity contribution < 1.29 is 9.85 Å². The Kier molecular flexibility index (Phi) is 3.53. The molecule has 7 heteroatoms. The van der Waals surface area contributed by atoms with Crippen LogP contribution in [0.5, 0.6) is 0 Å². The lowest BCUT2D eigenvalue weighted by atomic mass is 10.1. The summed E-state index contributed by atoms with van der Waals surface area (Å²) >= 11 is 0. The first kappa shape index (κ1) is 14.7. The van der Waals surface area contributed by atoms with Gasteiger partial charge in [0.1, 0.15) is 0 Å². The minimum Gasteiger partial charge on any atom is -0.343 e. The van der Waals surface area contributed by atoms with E-state index in [0.717, 1.165) is 11.1 Å². The second-order valence-corrected chi connectivity index (χ2v) is 5.23. The van der Waals surface area contributed by atoms with Gasteiger partial charge in [-0.2, -0.15) is 0 Å². The zero-order chi connectivity index (χ0) is 16.6. The highest BCUT2D eigenvalue weighted by Gasteiger charge is 2.16. The van der Waals surface area contributed by atoms with Gasteiger partial charge in [-0.1, -0.05) is 18.2 Å². The Labute approximate surface area is 131 Å². The average Bonchev–Trinajstić information content (AvgIpc) is 2.92. The Morgan fingerprint density at radius 3 is 2.30 bits per heavy atom. The van der Waals surface area contributed by atoms with Crippen LogP contribution in [-0.4, -0.2) is 14.4 Å². The topological polar surface area (TPSA) is 91.2 Å². The number of hydrogen-bond acceptors (Lipinski definition) is 4. The summed E-state index contributed by atoms with van der Waals surface area (Å²) in [5, 5.41) is 22.7.